The molecule has 0 N–H and O–H groups in total. The van der Waals surface area contributed by atoms with E-state index in [0.717, 1.165) is 0 Å². The van der Waals surface area contributed by atoms with Crippen molar-refractivity contribution in [1.82, 2.24) is 15.0 Å². The third kappa shape index (κ3) is 28.9. The standard InChI is InChI=1S/C9H13P.2C8H12NP.3C8H12P2.C6H9NP2.C6H9P3/c1-6-5-7(2)9(4)10-8(6)3;4*1-5-6(2)9-8(4)10-7(5)3;1-5-6(2)8(4)10-9-7(5)3;2*1-4-7-5(2)9-6(3)8-4/h5H,1-4H3;5*1-4H3;2*1-3H3. The molecule has 0 saturated carbocycles. The van der Waals surface area contributed by atoms with Crippen LogP contribution in [0.5, 0.6) is 0 Å². The van der Waals surface area contributed by atoms with Crippen LogP contribution in [0.4, 0.5) is 0 Å². The Kier molecular flexibility index (Phi) is 36.6. The van der Waals surface area contributed by atoms with Crippen molar-refractivity contribution in [3.8, 4) is 0 Å². The van der Waals surface area contributed by atoms with E-state index in [1.165, 1.54) is 250 Å². The molecule has 0 bridgehead atoms. The summed E-state index contributed by atoms with van der Waals surface area (Å²) in [6.45, 7) is 65.3. The van der Waals surface area contributed by atoms with E-state index in [1.54, 1.807) is 25.1 Å². The topological polar surface area (TPSA) is 38.7 Å². The zero-order valence-electron chi connectivity index (χ0n) is 53.2. The number of hydrogen-bond donors (Lipinski definition) is 0. The van der Waals surface area contributed by atoms with Crippen LogP contribution in [0.1, 0.15) is 161 Å². The molecule has 0 fully saturated rings. The average Bonchev–Trinajstić information content (AvgIpc) is 3.31. The van der Waals surface area contributed by atoms with Crippen LogP contribution in [0.2, 0.25) is 0 Å². The van der Waals surface area contributed by atoms with E-state index in [2.05, 4.69) is 229 Å². The predicted molar refractivity (Wildman–Crippen MR) is 382 cm³/mol. The smallest absolute Gasteiger partial charge is 0.0654 e. The van der Waals surface area contributed by atoms with Crippen LogP contribution in [0.15, 0.2) is 6.07 Å². The van der Waals surface area contributed by atoms with Crippen LogP contribution in [-0.2, 0) is 0 Å². The van der Waals surface area contributed by atoms with Crippen molar-refractivity contribution in [3.63, 3.8) is 0 Å². The molecule has 0 atom stereocenters. The Labute approximate surface area is 499 Å². The quantitative estimate of drug-likeness (QED) is 0.152. The third-order valence-corrected chi connectivity index (χ3v) is 30.9. The largest absolute Gasteiger partial charge is 0.253 e. The minimum atomic E-state index is 1.17. The molecule has 17 heteroatoms. The van der Waals surface area contributed by atoms with Crippen LogP contribution in [-0.4, -0.2) is 15.0 Å². The first-order valence-corrected chi connectivity index (χ1v) is 39.4. The summed E-state index contributed by atoms with van der Waals surface area (Å²) in [5, 5.41) is 24.3. The van der Waals surface area contributed by atoms with Gasteiger partial charge in [0.05, 0.1) is 21.7 Å². The normalized spacial score (nSPS) is 11.3. The SMILES string of the molecule is Cc1cc(C)c(C)pc1C.Cc1nc(C)c(C)c(C)p1.Cc1nc(C)c(C)c(C)p1.Cc1nc(C)pc(C)p1.Cc1pc(C)c(C)c(C)p1.Cc1pc(C)c(C)c(C)p1.Cc1pc(C)pc(C)p1.Cc1ppc(C)c(C)c1C. The van der Waals surface area contributed by atoms with Gasteiger partial charge in [0.25, 0.3) is 0 Å². The van der Waals surface area contributed by atoms with Gasteiger partial charge in [-0.3, -0.25) is 9.97 Å². The molecule has 0 aromatic carbocycles. The lowest BCUT2D eigenvalue weighted by molar-refractivity contribution is 1.12. The monoisotopic (exact) mass is 1300 g/mol. The van der Waals surface area contributed by atoms with E-state index in [9.17, 15) is 0 Å². The molecular formula is C61H91N3P14. The highest BCUT2D eigenvalue weighted by atomic mass is 31.8. The van der Waals surface area contributed by atoms with E-state index < -0.39 is 0 Å². The first-order chi connectivity index (χ1) is 36.0. The van der Waals surface area contributed by atoms with Gasteiger partial charge in [0.1, 0.15) is 0 Å². The number of aromatic nitrogens is 3. The van der Waals surface area contributed by atoms with Crippen molar-refractivity contribution >= 4 is 114 Å². The second kappa shape index (κ2) is 37.8. The summed E-state index contributed by atoms with van der Waals surface area (Å²) in [6, 6.07) is 2.27. The van der Waals surface area contributed by atoms with E-state index in [1.807, 2.05) is 0 Å². The number of rotatable bonds is 0. The Balaban J connectivity index is 0.000000446. The fourth-order valence-corrected chi connectivity index (χ4v) is 26.4. The van der Waals surface area contributed by atoms with Crippen molar-refractivity contribution in [2.24, 2.45) is 0 Å². The van der Waals surface area contributed by atoms with Gasteiger partial charge < -0.3 is 0 Å². The van der Waals surface area contributed by atoms with Crippen LogP contribution in [0, 0.1) is 208 Å². The molecule has 0 spiro atoms. The number of hydrogen-bond acceptors (Lipinski definition) is 3. The van der Waals surface area contributed by atoms with Gasteiger partial charge in [-0.25, -0.2) is 4.98 Å². The van der Waals surface area contributed by atoms with Gasteiger partial charge in [0, 0.05) is 41.6 Å². The number of aryl methyl sites for hydroxylation is 24. The van der Waals surface area contributed by atoms with E-state index >= 15 is 0 Å². The summed E-state index contributed by atoms with van der Waals surface area (Å²) in [5.74, 6) is 0. The van der Waals surface area contributed by atoms with Crippen molar-refractivity contribution in [3.05, 3.63) is 167 Å². The predicted octanol–water partition coefficient (Wildman–Crippen LogP) is 29.1. The van der Waals surface area contributed by atoms with Crippen LogP contribution in [0.3, 0.4) is 0 Å². The molecule has 420 valence electrons. The zero-order chi connectivity index (χ0) is 60.0. The van der Waals surface area contributed by atoms with Gasteiger partial charge in [-0.05, 0) is 354 Å². The summed E-state index contributed by atoms with van der Waals surface area (Å²) in [6.07, 6.45) is 0. The van der Waals surface area contributed by atoms with E-state index in [0.29, 0.717) is 0 Å². The minimum absolute atomic E-state index is 1.17. The molecule has 8 heterocycles. The molecule has 8 aromatic rings. The molecule has 0 aliphatic heterocycles. The maximum atomic E-state index is 4.38. The van der Waals surface area contributed by atoms with E-state index in [4.69, 9.17) is 0 Å². The van der Waals surface area contributed by atoms with Gasteiger partial charge in [-0.1, -0.05) is 71.6 Å². The van der Waals surface area contributed by atoms with Gasteiger partial charge in [-0.2, -0.15) is 0 Å². The van der Waals surface area contributed by atoms with Gasteiger partial charge >= 0.3 is 0 Å². The Bertz CT molecular complexity index is 2720. The highest BCUT2D eigenvalue weighted by Gasteiger charge is 2.03. The third-order valence-electron chi connectivity index (χ3n) is 12.8. The second-order valence-electron chi connectivity index (χ2n) is 19.6. The van der Waals surface area contributed by atoms with Gasteiger partial charge in [0.2, 0.25) is 0 Å². The lowest BCUT2D eigenvalue weighted by Crippen LogP contribution is -1.88. The molecule has 8 aromatic heterocycles. The molecule has 78 heavy (non-hydrogen) atoms. The van der Waals surface area contributed by atoms with Crippen molar-refractivity contribution in [1.29, 1.82) is 0 Å². The zero-order valence-corrected chi connectivity index (χ0v) is 65.7. The van der Waals surface area contributed by atoms with Crippen molar-refractivity contribution in [2.75, 3.05) is 0 Å². The lowest BCUT2D eigenvalue weighted by Gasteiger charge is -2.04. The summed E-state index contributed by atoms with van der Waals surface area (Å²) >= 11 is 0. The Morgan fingerprint density at radius 3 is 0.705 bits per heavy atom. The summed E-state index contributed by atoms with van der Waals surface area (Å²) in [5.41, 5.74) is 18.8. The molecule has 0 radical (unpaired) electrons. The highest BCUT2D eigenvalue weighted by molar-refractivity contribution is 7.90. The first-order valence-electron chi connectivity index (χ1n) is 26.2. The fourth-order valence-electron chi connectivity index (χ4n) is 7.12. The van der Waals surface area contributed by atoms with Crippen LogP contribution >= 0.6 is 114 Å². The van der Waals surface area contributed by atoms with Crippen LogP contribution in [0.25, 0.3) is 0 Å². The maximum absolute atomic E-state index is 4.38. The van der Waals surface area contributed by atoms with Crippen molar-refractivity contribution < 1.29 is 0 Å². The lowest BCUT2D eigenvalue weighted by atomic mass is 10.1. The molecule has 0 saturated heterocycles. The first kappa shape index (κ1) is 75.6. The van der Waals surface area contributed by atoms with Crippen molar-refractivity contribution in [2.45, 2.75) is 208 Å². The van der Waals surface area contributed by atoms with E-state index in [-0.39, 0.29) is 0 Å². The molecular weight excluding hydrogens is 1210 g/mol. The fraction of sp³-hybridized carbons (Fsp3) is 0.492. The Morgan fingerprint density at radius 2 is 0.449 bits per heavy atom. The number of nitrogens with zero attached hydrogens (tertiary/aromatic N) is 3. The molecule has 0 unspecified atom stereocenters. The maximum Gasteiger partial charge on any atom is 0.0654 e. The molecule has 0 aliphatic carbocycles. The minimum Gasteiger partial charge on any atom is -0.253 e. The summed E-state index contributed by atoms with van der Waals surface area (Å²) in [4.78, 5) is 13.1. The summed E-state index contributed by atoms with van der Waals surface area (Å²) in [7, 11) is 19.8. The molecule has 3 nitrogen and oxygen atoms in total. The highest BCUT2D eigenvalue weighted by Crippen LogP contribution is 2.38. The van der Waals surface area contributed by atoms with Gasteiger partial charge in [0.15, 0.2) is 0 Å². The summed E-state index contributed by atoms with van der Waals surface area (Å²) < 4.78 is 0. The average molecular weight is 1300 g/mol. The van der Waals surface area contributed by atoms with Crippen LogP contribution < -0.4 is 0 Å². The Hall–Kier alpha value is -0.430. The van der Waals surface area contributed by atoms with Gasteiger partial charge in [-0.15, -0.1) is 0 Å². The molecule has 0 amide bonds. The Morgan fingerprint density at radius 1 is 0.205 bits per heavy atom. The molecule has 0 aliphatic rings. The molecule has 8 rings (SSSR count). The second-order valence-corrected chi connectivity index (χ2v) is 43.4.